The molecule has 0 bridgehead atoms. The average Bonchev–Trinajstić information content (AvgIpc) is 2.23. The van der Waals surface area contributed by atoms with E-state index in [1.165, 1.54) is 0 Å². The van der Waals surface area contributed by atoms with Gasteiger partial charge in [0.1, 0.15) is 5.82 Å². The van der Waals surface area contributed by atoms with E-state index in [0.29, 0.717) is 5.56 Å². The van der Waals surface area contributed by atoms with Gasteiger partial charge in [0.25, 0.3) is 0 Å². The van der Waals surface area contributed by atoms with Crippen LogP contribution >= 0.6 is 9.24 Å². The van der Waals surface area contributed by atoms with Crippen LogP contribution in [0.15, 0.2) is 42.5 Å². The van der Waals surface area contributed by atoms with Crippen molar-refractivity contribution in [3.05, 3.63) is 53.8 Å². The van der Waals surface area contributed by atoms with Gasteiger partial charge in [-0.25, -0.2) is 4.39 Å². The molecule has 0 aliphatic carbocycles. The van der Waals surface area contributed by atoms with Crippen molar-refractivity contribution in [1.82, 2.24) is 0 Å². The first-order valence-electron chi connectivity index (χ1n) is 4.79. The Labute approximate surface area is 91.3 Å². The fourth-order valence-electron chi connectivity index (χ4n) is 1.52. The Bertz CT molecular complexity index is 492. The average molecular weight is 218 g/mol. The van der Waals surface area contributed by atoms with Crippen LogP contribution < -0.4 is 5.30 Å². The molecule has 76 valence electrons. The topological polar surface area (TPSA) is 0 Å². The second kappa shape index (κ2) is 4.12. The van der Waals surface area contributed by atoms with Gasteiger partial charge in [0.15, 0.2) is 0 Å². The van der Waals surface area contributed by atoms with E-state index in [2.05, 4.69) is 9.24 Å². The van der Waals surface area contributed by atoms with Gasteiger partial charge in [0, 0.05) is 0 Å². The summed E-state index contributed by atoms with van der Waals surface area (Å²) in [6.07, 6.45) is 0. The van der Waals surface area contributed by atoms with E-state index in [4.69, 9.17) is 0 Å². The van der Waals surface area contributed by atoms with Gasteiger partial charge >= 0.3 is 0 Å². The van der Waals surface area contributed by atoms with Crippen LogP contribution in [0, 0.1) is 12.7 Å². The molecule has 0 N–H and O–H groups in total. The molecule has 0 fully saturated rings. The van der Waals surface area contributed by atoms with Gasteiger partial charge in [0.05, 0.1) is 0 Å². The molecule has 0 nitrogen and oxygen atoms in total. The molecule has 2 rings (SSSR count). The van der Waals surface area contributed by atoms with Crippen molar-refractivity contribution in [3.63, 3.8) is 0 Å². The summed E-state index contributed by atoms with van der Waals surface area (Å²) in [5.41, 5.74) is 2.66. The number of hydrogen-bond donors (Lipinski definition) is 0. The van der Waals surface area contributed by atoms with Crippen molar-refractivity contribution < 1.29 is 4.39 Å². The molecular formula is C13H12FP. The third-order valence-electron chi connectivity index (χ3n) is 2.44. The van der Waals surface area contributed by atoms with Crippen LogP contribution in [0.3, 0.4) is 0 Å². The third kappa shape index (κ3) is 2.08. The number of hydrogen-bond acceptors (Lipinski definition) is 0. The van der Waals surface area contributed by atoms with Gasteiger partial charge in [-0.2, -0.15) is 0 Å². The summed E-state index contributed by atoms with van der Waals surface area (Å²) in [6.45, 7) is 1.77. The van der Waals surface area contributed by atoms with E-state index in [-0.39, 0.29) is 5.82 Å². The first-order valence-corrected chi connectivity index (χ1v) is 5.37. The lowest BCUT2D eigenvalue weighted by molar-refractivity contribution is 0.619. The van der Waals surface area contributed by atoms with Crippen molar-refractivity contribution in [3.8, 4) is 11.1 Å². The second-order valence-corrected chi connectivity index (χ2v) is 4.17. The maximum absolute atomic E-state index is 13.4. The van der Waals surface area contributed by atoms with Crippen LogP contribution in [0.5, 0.6) is 0 Å². The lowest BCUT2D eigenvalue weighted by Crippen LogP contribution is -1.96. The van der Waals surface area contributed by atoms with E-state index < -0.39 is 0 Å². The SMILES string of the molecule is Cc1ccc(-c2ccccc2P)cc1F. The Morgan fingerprint density at radius 2 is 1.80 bits per heavy atom. The van der Waals surface area contributed by atoms with Crippen LogP contribution in [-0.2, 0) is 0 Å². The van der Waals surface area contributed by atoms with Crippen molar-refractivity contribution in [2.45, 2.75) is 6.92 Å². The van der Waals surface area contributed by atoms with Crippen LogP contribution in [-0.4, -0.2) is 0 Å². The van der Waals surface area contributed by atoms with Crippen LogP contribution in [0.4, 0.5) is 4.39 Å². The van der Waals surface area contributed by atoms with E-state index >= 15 is 0 Å². The summed E-state index contributed by atoms with van der Waals surface area (Å²) < 4.78 is 13.4. The Morgan fingerprint density at radius 3 is 2.47 bits per heavy atom. The largest absolute Gasteiger partial charge is 0.207 e. The van der Waals surface area contributed by atoms with Crippen molar-refractivity contribution >= 4 is 14.5 Å². The van der Waals surface area contributed by atoms with Gasteiger partial charge in [-0.3, -0.25) is 0 Å². The van der Waals surface area contributed by atoms with Crippen molar-refractivity contribution in [2.24, 2.45) is 0 Å². The summed E-state index contributed by atoms with van der Waals surface area (Å²) in [4.78, 5) is 0. The summed E-state index contributed by atoms with van der Waals surface area (Å²) >= 11 is 0. The normalized spacial score (nSPS) is 10.3. The van der Waals surface area contributed by atoms with E-state index in [1.807, 2.05) is 36.4 Å². The van der Waals surface area contributed by atoms with E-state index in [1.54, 1.807) is 13.0 Å². The van der Waals surface area contributed by atoms with Crippen molar-refractivity contribution in [2.75, 3.05) is 0 Å². The standard InChI is InChI=1S/C13H12FP/c1-9-6-7-10(8-12(9)14)11-4-2-3-5-13(11)15/h2-8H,15H2,1H3. The third-order valence-corrected chi connectivity index (χ3v) is 2.95. The molecule has 0 amide bonds. The number of benzene rings is 2. The zero-order valence-corrected chi connectivity index (χ0v) is 9.65. The summed E-state index contributed by atoms with van der Waals surface area (Å²) in [5.74, 6) is -0.152. The second-order valence-electron chi connectivity index (χ2n) is 3.55. The minimum absolute atomic E-state index is 0.152. The van der Waals surface area contributed by atoms with Gasteiger partial charge in [-0.1, -0.05) is 36.4 Å². The summed E-state index contributed by atoms with van der Waals surface area (Å²) in [6, 6.07) is 13.3. The van der Waals surface area contributed by atoms with Crippen LogP contribution in [0.25, 0.3) is 11.1 Å². The molecule has 0 heterocycles. The molecule has 0 aliphatic rings. The molecule has 0 saturated carbocycles. The zero-order chi connectivity index (χ0) is 10.8. The van der Waals surface area contributed by atoms with Crippen LogP contribution in [0.2, 0.25) is 0 Å². The first-order chi connectivity index (χ1) is 7.18. The maximum atomic E-state index is 13.4. The molecule has 0 aliphatic heterocycles. The molecule has 1 atom stereocenters. The summed E-state index contributed by atoms with van der Waals surface area (Å²) in [5, 5.41) is 1.08. The van der Waals surface area contributed by atoms with Gasteiger partial charge in [-0.15, -0.1) is 9.24 Å². The molecule has 0 radical (unpaired) electrons. The Balaban J connectivity index is 2.55. The monoisotopic (exact) mass is 218 g/mol. The molecule has 0 saturated heterocycles. The number of rotatable bonds is 1. The number of halogens is 1. The van der Waals surface area contributed by atoms with Gasteiger partial charge in [-0.05, 0) is 35.0 Å². The molecule has 0 aromatic heterocycles. The highest BCUT2D eigenvalue weighted by Gasteiger charge is 2.03. The summed E-state index contributed by atoms with van der Waals surface area (Å²) in [7, 11) is 2.67. The van der Waals surface area contributed by atoms with Crippen LogP contribution in [0.1, 0.15) is 5.56 Å². The highest BCUT2D eigenvalue weighted by atomic mass is 31.0. The number of aryl methyl sites for hydroxylation is 1. The van der Waals surface area contributed by atoms with Gasteiger partial charge in [0.2, 0.25) is 0 Å². The Kier molecular flexibility index (Phi) is 2.83. The first kappa shape index (κ1) is 10.3. The lowest BCUT2D eigenvalue weighted by Gasteiger charge is -2.06. The predicted molar refractivity (Wildman–Crippen MR) is 65.9 cm³/mol. The predicted octanol–water partition coefficient (Wildman–Crippen LogP) is 3.30. The minimum atomic E-state index is -0.152. The minimum Gasteiger partial charge on any atom is -0.207 e. The molecule has 2 aromatic carbocycles. The maximum Gasteiger partial charge on any atom is 0.126 e. The molecule has 15 heavy (non-hydrogen) atoms. The van der Waals surface area contributed by atoms with E-state index in [0.717, 1.165) is 16.4 Å². The molecular weight excluding hydrogens is 206 g/mol. The van der Waals surface area contributed by atoms with Gasteiger partial charge < -0.3 is 0 Å². The molecule has 1 unspecified atom stereocenters. The zero-order valence-electron chi connectivity index (χ0n) is 8.50. The molecule has 2 aromatic rings. The fraction of sp³-hybridized carbons (Fsp3) is 0.0769. The van der Waals surface area contributed by atoms with Crippen molar-refractivity contribution in [1.29, 1.82) is 0 Å². The Morgan fingerprint density at radius 1 is 1.07 bits per heavy atom. The molecule has 2 heteroatoms. The lowest BCUT2D eigenvalue weighted by atomic mass is 10.0. The highest BCUT2D eigenvalue weighted by molar-refractivity contribution is 7.28. The smallest absolute Gasteiger partial charge is 0.126 e. The Hall–Kier alpha value is -1.20. The fourth-order valence-corrected chi connectivity index (χ4v) is 1.89. The quantitative estimate of drug-likeness (QED) is 0.644. The highest BCUT2D eigenvalue weighted by Crippen LogP contribution is 2.21. The molecule has 0 spiro atoms. The van der Waals surface area contributed by atoms with E-state index in [9.17, 15) is 4.39 Å².